The number of amides is 1. The van der Waals surface area contributed by atoms with Crippen molar-refractivity contribution in [2.45, 2.75) is 19.4 Å². The number of nitrogens with two attached hydrogens (primary N) is 1. The van der Waals surface area contributed by atoms with Crippen molar-refractivity contribution in [3.05, 3.63) is 65.7 Å². The average Bonchev–Trinajstić information content (AvgIpc) is 2.62. The molecule has 27 heavy (non-hydrogen) atoms. The first kappa shape index (κ1) is 20.2. The van der Waals surface area contributed by atoms with Crippen molar-refractivity contribution in [2.24, 2.45) is 0 Å². The summed E-state index contributed by atoms with van der Waals surface area (Å²) in [6.45, 7) is 0.501. The summed E-state index contributed by atoms with van der Waals surface area (Å²) < 4.78 is 45.8. The molecule has 0 aliphatic rings. The van der Waals surface area contributed by atoms with Crippen molar-refractivity contribution < 1.29 is 27.4 Å². The lowest BCUT2D eigenvalue weighted by Crippen LogP contribution is -2.24. The molecule has 0 saturated heterocycles. The highest BCUT2D eigenvalue weighted by atomic mass is 19.4. The van der Waals surface area contributed by atoms with Crippen LogP contribution in [0.3, 0.4) is 0 Å². The number of halogens is 3. The minimum Gasteiger partial charge on any atom is -0.445 e. The molecule has 0 aliphatic carbocycles. The third kappa shape index (κ3) is 7.72. The lowest BCUT2D eigenvalue weighted by atomic mass is 10.1. The van der Waals surface area contributed by atoms with E-state index in [0.29, 0.717) is 18.5 Å². The SMILES string of the molecule is Nc1ccc(C=CCCNC(=O)OCc2ccccc2)cc1OC(F)(F)F. The van der Waals surface area contributed by atoms with Crippen LogP contribution in [0, 0.1) is 0 Å². The van der Waals surface area contributed by atoms with Gasteiger partial charge in [-0.05, 0) is 29.7 Å². The third-order valence-corrected chi connectivity index (χ3v) is 3.37. The molecule has 0 unspecified atom stereocenters. The van der Waals surface area contributed by atoms with Crippen molar-refractivity contribution in [2.75, 3.05) is 12.3 Å². The Kier molecular flexibility index (Phi) is 7.10. The number of benzene rings is 2. The lowest BCUT2D eigenvalue weighted by molar-refractivity contribution is -0.274. The Hall–Kier alpha value is -3.16. The van der Waals surface area contributed by atoms with Gasteiger partial charge in [0, 0.05) is 6.54 Å². The summed E-state index contributed by atoms with van der Waals surface area (Å²) in [5.74, 6) is -0.452. The molecule has 8 heteroatoms. The van der Waals surface area contributed by atoms with Crippen LogP contribution in [-0.4, -0.2) is 19.0 Å². The van der Waals surface area contributed by atoms with Gasteiger partial charge in [0.1, 0.15) is 6.61 Å². The third-order valence-electron chi connectivity index (χ3n) is 3.37. The number of ether oxygens (including phenoxy) is 2. The monoisotopic (exact) mass is 380 g/mol. The molecule has 0 atom stereocenters. The van der Waals surface area contributed by atoms with Gasteiger partial charge in [-0.25, -0.2) is 4.79 Å². The molecule has 0 spiro atoms. The second-order valence-electron chi connectivity index (χ2n) is 5.52. The highest BCUT2D eigenvalue weighted by molar-refractivity contribution is 5.67. The van der Waals surface area contributed by atoms with Crippen LogP contribution in [0.25, 0.3) is 6.08 Å². The Morgan fingerprint density at radius 3 is 2.59 bits per heavy atom. The first-order chi connectivity index (χ1) is 12.8. The molecular formula is C19H19F3N2O3. The van der Waals surface area contributed by atoms with E-state index in [0.717, 1.165) is 5.56 Å². The van der Waals surface area contributed by atoms with Crippen LogP contribution < -0.4 is 15.8 Å². The molecule has 2 aromatic rings. The molecule has 0 fully saturated rings. The van der Waals surface area contributed by atoms with Gasteiger partial charge in [0.05, 0.1) is 5.69 Å². The molecule has 2 aromatic carbocycles. The van der Waals surface area contributed by atoms with E-state index in [9.17, 15) is 18.0 Å². The Balaban J connectivity index is 1.74. The molecule has 5 nitrogen and oxygen atoms in total. The number of alkyl halides is 3. The highest BCUT2D eigenvalue weighted by Crippen LogP contribution is 2.29. The number of alkyl carbamates (subject to hydrolysis) is 1. The van der Waals surface area contributed by atoms with E-state index in [4.69, 9.17) is 10.5 Å². The summed E-state index contributed by atoms with van der Waals surface area (Å²) in [5, 5.41) is 2.58. The zero-order valence-corrected chi connectivity index (χ0v) is 14.3. The summed E-state index contributed by atoms with van der Waals surface area (Å²) in [6.07, 6.45) is -1.55. The van der Waals surface area contributed by atoms with Crippen molar-refractivity contribution in [3.63, 3.8) is 0 Å². The predicted molar refractivity (Wildman–Crippen MR) is 95.8 cm³/mol. The molecule has 0 aliphatic heterocycles. The second-order valence-corrected chi connectivity index (χ2v) is 5.52. The van der Waals surface area contributed by atoms with Gasteiger partial charge >= 0.3 is 12.5 Å². The minimum atomic E-state index is -4.81. The van der Waals surface area contributed by atoms with Crippen LogP contribution in [0.5, 0.6) is 5.75 Å². The Bertz CT molecular complexity index is 778. The molecular weight excluding hydrogens is 361 g/mol. The zero-order valence-electron chi connectivity index (χ0n) is 14.3. The summed E-state index contributed by atoms with van der Waals surface area (Å²) in [6, 6.07) is 13.4. The zero-order chi connectivity index (χ0) is 19.7. The van der Waals surface area contributed by atoms with E-state index in [2.05, 4.69) is 10.1 Å². The number of hydrogen-bond donors (Lipinski definition) is 2. The van der Waals surface area contributed by atoms with E-state index in [1.165, 1.54) is 12.1 Å². The van der Waals surface area contributed by atoms with Gasteiger partial charge < -0.3 is 20.5 Å². The van der Waals surface area contributed by atoms with Crippen LogP contribution in [0.4, 0.5) is 23.7 Å². The molecule has 0 saturated carbocycles. The predicted octanol–water partition coefficient (Wildman–Crippen LogP) is 4.50. The quantitative estimate of drug-likeness (QED) is 0.548. The maximum Gasteiger partial charge on any atom is 0.573 e. The van der Waals surface area contributed by atoms with Gasteiger partial charge in [0.2, 0.25) is 0 Å². The number of nitrogen functional groups attached to an aromatic ring is 1. The molecule has 0 aromatic heterocycles. The summed E-state index contributed by atoms with van der Waals surface area (Å²) in [7, 11) is 0. The maximum atomic E-state index is 12.3. The topological polar surface area (TPSA) is 73.6 Å². The molecule has 1 amide bonds. The van der Waals surface area contributed by atoms with Crippen LogP contribution in [0.15, 0.2) is 54.6 Å². The number of nitrogens with one attached hydrogen (secondary N) is 1. The first-order valence-electron chi connectivity index (χ1n) is 8.10. The molecule has 0 bridgehead atoms. The number of carbonyl (C=O) groups excluding carboxylic acids is 1. The Morgan fingerprint density at radius 1 is 1.15 bits per heavy atom. The van der Waals surface area contributed by atoms with E-state index in [1.54, 1.807) is 18.2 Å². The Morgan fingerprint density at radius 2 is 1.89 bits per heavy atom. The smallest absolute Gasteiger partial charge is 0.445 e. The van der Waals surface area contributed by atoms with Gasteiger partial charge in [0.15, 0.2) is 5.75 Å². The number of rotatable bonds is 7. The summed E-state index contributed by atoms with van der Waals surface area (Å²) >= 11 is 0. The van der Waals surface area contributed by atoms with Crippen molar-refractivity contribution >= 4 is 17.9 Å². The van der Waals surface area contributed by atoms with E-state index in [1.807, 2.05) is 30.3 Å². The second kappa shape index (κ2) is 9.51. The van der Waals surface area contributed by atoms with E-state index < -0.39 is 18.2 Å². The van der Waals surface area contributed by atoms with Crippen LogP contribution >= 0.6 is 0 Å². The molecule has 0 radical (unpaired) electrons. The number of carbonyl (C=O) groups is 1. The van der Waals surface area contributed by atoms with Crippen molar-refractivity contribution in [1.82, 2.24) is 5.32 Å². The van der Waals surface area contributed by atoms with Gasteiger partial charge in [-0.2, -0.15) is 0 Å². The highest BCUT2D eigenvalue weighted by Gasteiger charge is 2.31. The van der Waals surface area contributed by atoms with Crippen molar-refractivity contribution in [1.29, 1.82) is 0 Å². The van der Waals surface area contributed by atoms with Gasteiger partial charge in [-0.3, -0.25) is 0 Å². The summed E-state index contributed by atoms with van der Waals surface area (Å²) in [4.78, 5) is 11.6. The average molecular weight is 380 g/mol. The minimum absolute atomic E-state index is 0.104. The molecule has 144 valence electrons. The fourth-order valence-electron chi connectivity index (χ4n) is 2.12. The normalized spacial score (nSPS) is 11.4. The van der Waals surface area contributed by atoms with E-state index in [-0.39, 0.29) is 12.3 Å². The molecule has 2 rings (SSSR count). The van der Waals surface area contributed by atoms with Crippen LogP contribution in [-0.2, 0) is 11.3 Å². The first-order valence-corrected chi connectivity index (χ1v) is 8.10. The van der Waals surface area contributed by atoms with Crippen LogP contribution in [0.1, 0.15) is 17.5 Å². The number of hydrogen-bond acceptors (Lipinski definition) is 4. The van der Waals surface area contributed by atoms with Crippen molar-refractivity contribution in [3.8, 4) is 5.75 Å². The summed E-state index contributed by atoms with van der Waals surface area (Å²) in [5.41, 5.74) is 6.74. The largest absolute Gasteiger partial charge is 0.573 e. The standard InChI is InChI=1S/C19H19F3N2O3/c20-19(21,22)27-17-12-14(9-10-16(17)23)6-4-5-11-24-18(25)26-13-15-7-2-1-3-8-15/h1-4,6-10,12H,5,11,13,23H2,(H,24,25). The maximum absolute atomic E-state index is 12.3. The lowest BCUT2D eigenvalue weighted by Gasteiger charge is -2.11. The van der Waals surface area contributed by atoms with Gasteiger partial charge in [0.25, 0.3) is 0 Å². The fraction of sp³-hybridized carbons (Fsp3) is 0.211. The van der Waals surface area contributed by atoms with E-state index >= 15 is 0 Å². The molecule has 3 N–H and O–H groups in total. The fourth-order valence-corrected chi connectivity index (χ4v) is 2.12. The van der Waals surface area contributed by atoms with Gasteiger partial charge in [-0.1, -0.05) is 48.6 Å². The van der Waals surface area contributed by atoms with Gasteiger partial charge in [-0.15, -0.1) is 13.2 Å². The Labute approximate surface area is 154 Å². The number of anilines is 1. The molecule has 0 heterocycles. The van der Waals surface area contributed by atoms with Crippen LogP contribution in [0.2, 0.25) is 0 Å².